The van der Waals surface area contributed by atoms with Crippen LogP contribution in [0.1, 0.15) is 29.8 Å². The van der Waals surface area contributed by atoms with Crippen LogP contribution in [-0.4, -0.2) is 24.5 Å². The lowest BCUT2D eigenvalue weighted by molar-refractivity contribution is -0.124. The molecule has 1 aromatic carbocycles. The molecule has 104 valence electrons. The molecule has 3 N–H and O–H groups in total. The van der Waals surface area contributed by atoms with Crippen molar-refractivity contribution in [2.24, 2.45) is 0 Å². The molecule has 0 aromatic heterocycles. The number of rotatable bonds is 4. The largest absolute Gasteiger partial charge is 0.452 e. The Labute approximate surface area is 110 Å². The molecule has 0 atom stereocenters. The molecule has 1 rings (SSSR count). The molecule has 19 heavy (non-hydrogen) atoms. The van der Waals surface area contributed by atoms with Crippen LogP contribution in [0.25, 0.3) is 0 Å². The third-order valence-corrected chi connectivity index (χ3v) is 2.28. The second-order valence-corrected chi connectivity index (χ2v) is 4.50. The summed E-state index contributed by atoms with van der Waals surface area (Å²) in [6.07, 6.45) is 0. The molecule has 5 nitrogen and oxygen atoms in total. The van der Waals surface area contributed by atoms with E-state index in [2.05, 4.69) is 5.32 Å². The average Bonchev–Trinajstić information content (AvgIpc) is 2.29. The van der Waals surface area contributed by atoms with Gasteiger partial charge in [0.2, 0.25) is 0 Å². The minimum Gasteiger partial charge on any atom is -0.452 e. The van der Waals surface area contributed by atoms with Gasteiger partial charge >= 0.3 is 5.97 Å². The molecule has 0 heterocycles. The van der Waals surface area contributed by atoms with Crippen LogP contribution in [0.3, 0.4) is 0 Å². The van der Waals surface area contributed by atoms with E-state index in [1.807, 2.05) is 0 Å². The highest BCUT2D eigenvalue weighted by Crippen LogP contribution is 2.17. The zero-order valence-electron chi connectivity index (χ0n) is 11.1. The van der Waals surface area contributed by atoms with E-state index in [1.54, 1.807) is 13.8 Å². The summed E-state index contributed by atoms with van der Waals surface area (Å²) in [7, 11) is 0. The van der Waals surface area contributed by atoms with Crippen LogP contribution in [0, 0.1) is 12.7 Å². The summed E-state index contributed by atoms with van der Waals surface area (Å²) >= 11 is 0. The van der Waals surface area contributed by atoms with Crippen molar-refractivity contribution >= 4 is 17.6 Å². The van der Waals surface area contributed by atoms with Gasteiger partial charge in [0.05, 0.1) is 5.56 Å². The second kappa shape index (κ2) is 6.17. The Balaban J connectivity index is 2.72. The van der Waals surface area contributed by atoms with Gasteiger partial charge in [-0.2, -0.15) is 0 Å². The first kappa shape index (κ1) is 14.9. The van der Waals surface area contributed by atoms with E-state index >= 15 is 0 Å². The van der Waals surface area contributed by atoms with Gasteiger partial charge in [0.15, 0.2) is 6.61 Å². The second-order valence-electron chi connectivity index (χ2n) is 4.50. The molecule has 0 bridgehead atoms. The Bertz CT molecular complexity index is 501. The van der Waals surface area contributed by atoms with Crippen molar-refractivity contribution in [3.05, 3.63) is 29.1 Å². The predicted octanol–water partition coefficient (Wildman–Crippen LogP) is 1.40. The summed E-state index contributed by atoms with van der Waals surface area (Å²) in [5, 5.41) is 2.55. The third-order valence-electron chi connectivity index (χ3n) is 2.28. The summed E-state index contributed by atoms with van der Waals surface area (Å²) < 4.78 is 18.4. The predicted molar refractivity (Wildman–Crippen MR) is 69.1 cm³/mol. The topological polar surface area (TPSA) is 81.4 Å². The van der Waals surface area contributed by atoms with Gasteiger partial charge in [0.1, 0.15) is 5.82 Å². The Kier molecular flexibility index (Phi) is 4.86. The van der Waals surface area contributed by atoms with Crippen LogP contribution in [0.5, 0.6) is 0 Å². The van der Waals surface area contributed by atoms with E-state index in [0.717, 1.165) is 0 Å². The molecule has 6 heteroatoms. The zero-order valence-corrected chi connectivity index (χ0v) is 11.1. The van der Waals surface area contributed by atoms with Gasteiger partial charge in [-0.1, -0.05) is 0 Å². The maximum Gasteiger partial charge on any atom is 0.341 e. The van der Waals surface area contributed by atoms with Gasteiger partial charge in [-0.25, -0.2) is 9.18 Å². The van der Waals surface area contributed by atoms with Gasteiger partial charge in [0, 0.05) is 11.7 Å². The first-order chi connectivity index (χ1) is 8.81. The van der Waals surface area contributed by atoms with Crippen molar-refractivity contribution < 1.29 is 18.7 Å². The van der Waals surface area contributed by atoms with E-state index in [0.29, 0.717) is 0 Å². The third kappa shape index (κ3) is 4.24. The zero-order chi connectivity index (χ0) is 14.6. The van der Waals surface area contributed by atoms with Crippen molar-refractivity contribution in [2.45, 2.75) is 26.8 Å². The molecule has 0 fully saturated rings. The maximum absolute atomic E-state index is 13.7. The summed E-state index contributed by atoms with van der Waals surface area (Å²) in [5.41, 5.74) is 5.78. The number of ether oxygens (including phenoxy) is 1. The lowest BCUT2D eigenvalue weighted by Gasteiger charge is -2.10. The van der Waals surface area contributed by atoms with E-state index in [-0.39, 0.29) is 22.9 Å². The number of carbonyl (C=O) groups is 2. The number of carbonyl (C=O) groups excluding carboxylic acids is 2. The lowest BCUT2D eigenvalue weighted by Crippen LogP contribution is -2.34. The molecule has 0 saturated carbocycles. The number of amides is 1. The van der Waals surface area contributed by atoms with Crippen molar-refractivity contribution in [1.29, 1.82) is 0 Å². The Hall–Kier alpha value is -2.11. The Morgan fingerprint density at radius 2 is 2.05 bits per heavy atom. The van der Waals surface area contributed by atoms with E-state index < -0.39 is 24.3 Å². The number of halogens is 1. The summed E-state index contributed by atoms with van der Waals surface area (Å²) in [5.74, 6) is -2.04. The van der Waals surface area contributed by atoms with E-state index in [1.165, 1.54) is 19.1 Å². The number of hydrogen-bond acceptors (Lipinski definition) is 4. The van der Waals surface area contributed by atoms with Crippen molar-refractivity contribution in [3.8, 4) is 0 Å². The van der Waals surface area contributed by atoms with Crippen molar-refractivity contribution in [2.75, 3.05) is 12.3 Å². The number of aryl methyl sites for hydroxylation is 1. The molecular weight excluding hydrogens is 251 g/mol. The average molecular weight is 268 g/mol. The number of anilines is 1. The standard InChI is InChI=1S/C13H17FN2O3/c1-7(2)16-11(17)6-19-13(18)10-5-9(15)4-8(3)12(10)14/h4-5,7H,6,15H2,1-3H3,(H,16,17). The Morgan fingerprint density at radius 3 is 2.63 bits per heavy atom. The molecular formula is C13H17FN2O3. The molecule has 0 aliphatic heterocycles. The van der Waals surface area contributed by atoms with Crippen LogP contribution in [-0.2, 0) is 9.53 Å². The molecule has 1 amide bonds. The molecule has 0 radical (unpaired) electrons. The number of nitrogens with two attached hydrogens (primary N) is 1. The summed E-state index contributed by atoms with van der Waals surface area (Å²) in [6.45, 7) is 4.60. The lowest BCUT2D eigenvalue weighted by atomic mass is 10.1. The molecule has 0 aliphatic carbocycles. The number of esters is 1. The fraction of sp³-hybridized carbons (Fsp3) is 0.385. The summed E-state index contributed by atoms with van der Waals surface area (Å²) in [4.78, 5) is 23.0. The van der Waals surface area contributed by atoms with E-state index in [9.17, 15) is 14.0 Å². The van der Waals surface area contributed by atoms with Gasteiger partial charge in [-0.15, -0.1) is 0 Å². The highest BCUT2D eigenvalue weighted by atomic mass is 19.1. The number of hydrogen-bond donors (Lipinski definition) is 2. The molecule has 0 aliphatic rings. The smallest absolute Gasteiger partial charge is 0.341 e. The van der Waals surface area contributed by atoms with Gasteiger partial charge in [-0.3, -0.25) is 4.79 Å². The number of nitrogens with one attached hydrogen (secondary N) is 1. The quantitative estimate of drug-likeness (QED) is 0.639. The minimum atomic E-state index is -0.910. The van der Waals surface area contributed by atoms with Crippen molar-refractivity contribution in [3.63, 3.8) is 0 Å². The number of benzene rings is 1. The molecule has 0 saturated heterocycles. The van der Waals surface area contributed by atoms with Crippen molar-refractivity contribution in [1.82, 2.24) is 5.32 Å². The van der Waals surface area contributed by atoms with Gasteiger partial charge in [0.25, 0.3) is 5.91 Å². The fourth-order valence-corrected chi connectivity index (χ4v) is 1.52. The first-order valence-electron chi connectivity index (χ1n) is 5.83. The highest BCUT2D eigenvalue weighted by molar-refractivity contribution is 5.92. The molecule has 0 spiro atoms. The normalized spacial score (nSPS) is 10.4. The summed E-state index contributed by atoms with van der Waals surface area (Å²) in [6, 6.07) is 2.54. The van der Waals surface area contributed by atoms with Gasteiger partial charge < -0.3 is 15.8 Å². The maximum atomic E-state index is 13.7. The van der Waals surface area contributed by atoms with Crippen LogP contribution in [0.2, 0.25) is 0 Å². The first-order valence-corrected chi connectivity index (χ1v) is 5.83. The SMILES string of the molecule is Cc1cc(N)cc(C(=O)OCC(=O)NC(C)C)c1F. The number of nitrogen functional groups attached to an aromatic ring is 1. The molecule has 0 unspecified atom stereocenters. The molecule has 1 aromatic rings. The highest BCUT2D eigenvalue weighted by Gasteiger charge is 2.17. The Morgan fingerprint density at radius 1 is 1.42 bits per heavy atom. The van der Waals surface area contributed by atoms with Crippen LogP contribution >= 0.6 is 0 Å². The van der Waals surface area contributed by atoms with Gasteiger partial charge in [-0.05, 0) is 38.5 Å². The van der Waals surface area contributed by atoms with Crippen LogP contribution in [0.15, 0.2) is 12.1 Å². The van der Waals surface area contributed by atoms with E-state index in [4.69, 9.17) is 10.5 Å². The van der Waals surface area contributed by atoms with Crippen LogP contribution < -0.4 is 11.1 Å². The monoisotopic (exact) mass is 268 g/mol. The van der Waals surface area contributed by atoms with Crippen LogP contribution in [0.4, 0.5) is 10.1 Å². The fourth-order valence-electron chi connectivity index (χ4n) is 1.52. The minimum absolute atomic E-state index is 0.0578.